The van der Waals surface area contributed by atoms with Gasteiger partial charge in [-0.25, -0.2) is 4.39 Å². The van der Waals surface area contributed by atoms with Crippen LogP contribution in [0.25, 0.3) is 0 Å². The quantitative estimate of drug-likeness (QED) is 0.860. The Balaban J connectivity index is 2.02. The molecular formula is C10H7BrFNO2. The molecule has 15 heavy (non-hydrogen) atoms. The summed E-state index contributed by atoms with van der Waals surface area (Å²) >= 11 is 3.07. The highest BCUT2D eigenvalue weighted by atomic mass is 79.9. The summed E-state index contributed by atoms with van der Waals surface area (Å²) in [4.78, 5) is 0. The second kappa shape index (κ2) is 4.44. The normalized spacial score (nSPS) is 10.3. The molecule has 0 saturated carbocycles. The average Bonchev–Trinajstić information content (AvgIpc) is 2.73. The predicted octanol–water partition coefficient (Wildman–Crippen LogP) is 3.16. The Hall–Kier alpha value is -1.36. The molecule has 0 atom stereocenters. The lowest BCUT2D eigenvalue weighted by atomic mass is 10.3. The Morgan fingerprint density at radius 3 is 2.93 bits per heavy atom. The lowest BCUT2D eigenvalue weighted by molar-refractivity contribution is 0.249. The molecule has 0 spiro atoms. The van der Waals surface area contributed by atoms with E-state index in [9.17, 15) is 4.39 Å². The maximum absolute atomic E-state index is 12.9. The molecule has 0 saturated heterocycles. The average molecular weight is 272 g/mol. The summed E-state index contributed by atoms with van der Waals surface area (Å²) in [7, 11) is 0. The van der Waals surface area contributed by atoms with Gasteiger partial charge in [0, 0.05) is 6.07 Å². The van der Waals surface area contributed by atoms with Gasteiger partial charge in [0.1, 0.15) is 18.2 Å². The highest BCUT2D eigenvalue weighted by molar-refractivity contribution is 9.10. The molecule has 5 heteroatoms. The van der Waals surface area contributed by atoms with Gasteiger partial charge in [-0.1, -0.05) is 5.16 Å². The van der Waals surface area contributed by atoms with Crippen molar-refractivity contribution in [1.29, 1.82) is 0 Å². The van der Waals surface area contributed by atoms with Crippen molar-refractivity contribution in [3.63, 3.8) is 0 Å². The van der Waals surface area contributed by atoms with Crippen LogP contribution in [0.5, 0.6) is 5.75 Å². The van der Waals surface area contributed by atoms with Gasteiger partial charge in [-0.2, -0.15) is 0 Å². The Bertz CT molecular complexity index is 445. The van der Waals surface area contributed by atoms with E-state index in [0.29, 0.717) is 16.0 Å². The topological polar surface area (TPSA) is 35.3 Å². The minimum absolute atomic E-state index is 0.276. The van der Waals surface area contributed by atoms with E-state index in [1.807, 2.05) is 0 Å². The van der Waals surface area contributed by atoms with Gasteiger partial charge in [-0.15, -0.1) is 0 Å². The van der Waals surface area contributed by atoms with Crippen molar-refractivity contribution in [3.05, 3.63) is 46.5 Å². The summed E-state index contributed by atoms with van der Waals surface area (Å²) in [5.74, 6) is 0.872. The van der Waals surface area contributed by atoms with Crippen molar-refractivity contribution in [2.24, 2.45) is 0 Å². The summed E-state index contributed by atoms with van der Waals surface area (Å²) in [6, 6.07) is 6.15. The van der Waals surface area contributed by atoms with Crippen LogP contribution in [0.3, 0.4) is 0 Å². The van der Waals surface area contributed by atoms with Crippen molar-refractivity contribution >= 4 is 15.9 Å². The number of hydrogen-bond acceptors (Lipinski definition) is 3. The number of nitrogens with zero attached hydrogens (tertiary/aromatic N) is 1. The van der Waals surface area contributed by atoms with Crippen LogP contribution in [-0.2, 0) is 6.61 Å². The fourth-order valence-electron chi connectivity index (χ4n) is 1.04. The first-order chi connectivity index (χ1) is 7.25. The summed E-state index contributed by atoms with van der Waals surface area (Å²) in [6.07, 6.45) is 1.54. The van der Waals surface area contributed by atoms with Gasteiger partial charge in [0.05, 0.1) is 10.7 Å². The molecule has 0 fully saturated rings. The summed E-state index contributed by atoms with van der Waals surface area (Å²) < 4.78 is 23.5. The minimum atomic E-state index is -0.318. The number of rotatable bonds is 3. The Labute approximate surface area is 94.0 Å². The predicted molar refractivity (Wildman–Crippen MR) is 54.9 cm³/mol. The standard InChI is InChI=1S/C10H7BrFNO2/c11-9-5-7(1-2-10(9)12)14-6-8-3-4-13-15-8/h1-5H,6H2. The largest absolute Gasteiger partial charge is 0.486 e. The molecule has 0 aliphatic carbocycles. The minimum Gasteiger partial charge on any atom is -0.486 e. The van der Waals surface area contributed by atoms with E-state index in [0.717, 1.165) is 0 Å². The Morgan fingerprint density at radius 2 is 2.27 bits per heavy atom. The van der Waals surface area contributed by atoms with E-state index >= 15 is 0 Å². The summed E-state index contributed by atoms with van der Waals surface area (Å²) in [6.45, 7) is 0.276. The zero-order chi connectivity index (χ0) is 10.7. The van der Waals surface area contributed by atoms with Gasteiger partial charge in [0.25, 0.3) is 0 Å². The van der Waals surface area contributed by atoms with Crippen LogP contribution in [0.4, 0.5) is 4.39 Å². The maximum Gasteiger partial charge on any atom is 0.174 e. The number of benzene rings is 1. The van der Waals surface area contributed by atoms with Gasteiger partial charge < -0.3 is 9.26 Å². The van der Waals surface area contributed by atoms with Crippen molar-refractivity contribution in [3.8, 4) is 5.75 Å². The van der Waals surface area contributed by atoms with E-state index in [4.69, 9.17) is 9.26 Å². The van der Waals surface area contributed by atoms with Crippen LogP contribution in [0.2, 0.25) is 0 Å². The van der Waals surface area contributed by atoms with Crippen LogP contribution < -0.4 is 4.74 Å². The molecule has 2 rings (SSSR count). The summed E-state index contributed by atoms with van der Waals surface area (Å²) in [5, 5.41) is 3.54. The zero-order valence-corrected chi connectivity index (χ0v) is 9.20. The second-order valence-corrected chi connectivity index (χ2v) is 3.70. The molecule has 0 bridgehead atoms. The third-order valence-electron chi connectivity index (χ3n) is 1.76. The van der Waals surface area contributed by atoms with Gasteiger partial charge in [0.2, 0.25) is 0 Å². The lowest BCUT2D eigenvalue weighted by Crippen LogP contribution is -1.94. The van der Waals surface area contributed by atoms with Crippen molar-refractivity contribution in [2.45, 2.75) is 6.61 Å². The number of halogens is 2. The van der Waals surface area contributed by atoms with Crippen LogP contribution in [0.15, 0.2) is 39.5 Å². The number of ether oxygens (including phenoxy) is 1. The fourth-order valence-corrected chi connectivity index (χ4v) is 1.40. The smallest absolute Gasteiger partial charge is 0.174 e. The first kappa shape index (κ1) is 10.2. The molecular weight excluding hydrogens is 265 g/mol. The first-order valence-electron chi connectivity index (χ1n) is 4.23. The highest BCUT2D eigenvalue weighted by Gasteiger charge is 2.02. The number of aromatic nitrogens is 1. The van der Waals surface area contributed by atoms with Crippen molar-refractivity contribution < 1.29 is 13.7 Å². The lowest BCUT2D eigenvalue weighted by Gasteiger charge is -2.04. The molecule has 0 N–H and O–H groups in total. The van der Waals surface area contributed by atoms with Gasteiger partial charge in [0.15, 0.2) is 5.76 Å². The molecule has 0 amide bonds. The second-order valence-electron chi connectivity index (χ2n) is 2.84. The fraction of sp³-hybridized carbons (Fsp3) is 0.100. The molecule has 78 valence electrons. The molecule has 1 aromatic carbocycles. The molecule has 1 aromatic heterocycles. The monoisotopic (exact) mass is 271 g/mol. The van der Waals surface area contributed by atoms with Crippen LogP contribution in [0.1, 0.15) is 5.76 Å². The van der Waals surface area contributed by atoms with Crippen LogP contribution in [0, 0.1) is 5.82 Å². The molecule has 3 nitrogen and oxygen atoms in total. The van der Waals surface area contributed by atoms with E-state index in [2.05, 4.69) is 21.1 Å². The Kier molecular flexibility index (Phi) is 3.01. The Morgan fingerprint density at radius 1 is 1.40 bits per heavy atom. The van der Waals surface area contributed by atoms with E-state index in [1.54, 1.807) is 24.4 Å². The number of hydrogen-bond donors (Lipinski definition) is 0. The van der Waals surface area contributed by atoms with Gasteiger partial charge in [-0.05, 0) is 34.1 Å². The SMILES string of the molecule is Fc1ccc(OCc2ccno2)cc1Br. The van der Waals surface area contributed by atoms with Crippen molar-refractivity contribution in [2.75, 3.05) is 0 Å². The van der Waals surface area contributed by atoms with E-state index < -0.39 is 0 Å². The third-order valence-corrected chi connectivity index (χ3v) is 2.37. The first-order valence-corrected chi connectivity index (χ1v) is 5.02. The van der Waals surface area contributed by atoms with Crippen molar-refractivity contribution in [1.82, 2.24) is 5.16 Å². The molecule has 1 heterocycles. The van der Waals surface area contributed by atoms with Gasteiger partial charge in [-0.3, -0.25) is 0 Å². The van der Waals surface area contributed by atoms with E-state index in [-0.39, 0.29) is 12.4 Å². The summed E-state index contributed by atoms with van der Waals surface area (Å²) in [5.41, 5.74) is 0. The van der Waals surface area contributed by atoms with Gasteiger partial charge >= 0.3 is 0 Å². The van der Waals surface area contributed by atoms with Crippen LogP contribution >= 0.6 is 15.9 Å². The highest BCUT2D eigenvalue weighted by Crippen LogP contribution is 2.22. The molecule has 0 radical (unpaired) electrons. The molecule has 0 aliphatic heterocycles. The third kappa shape index (κ3) is 2.56. The van der Waals surface area contributed by atoms with Crippen LogP contribution in [-0.4, -0.2) is 5.16 Å². The molecule has 0 aliphatic rings. The molecule has 0 unspecified atom stereocenters. The maximum atomic E-state index is 12.9. The van der Waals surface area contributed by atoms with E-state index in [1.165, 1.54) is 6.07 Å². The zero-order valence-electron chi connectivity index (χ0n) is 7.61. The molecule has 2 aromatic rings.